The minimum Gasteiger partial charge on any atom is -0.336 e. The van der Waals surface area contributed by atoms with Crippen molar-refractivity contribution in [3.05, 3.63) is 63.4 Å². The lowest BCUT2D eigenvalue weighted by molar-refractivity contribution is -0.131. The Morgan fingerprint density at radius 2 is 1.88 bits per heavy atom. The van der Waals surface area contributed by atoms with Gasteiger partial charge in [0.1, 0.15) is 0 Å². The molecule has 1 heterocycles. The molecule has 0 unspecified atom stereocenters. The van der Waals surface area contributed by atoms with E-state index < -0.39 is 0 Å². The number of benzene rings is 2. The Labute approximate surface area is 202 Å². The van der Waals surface area contributed by atoms with Crippen LogP contribution in [0.2, 0.25) is 5.02 Å². The van der Waals surface area contributed by atoms with Crippen LogP contribution in [-0.4, -0.2) is 45.6 Å². The largest absolute Gasteiger partial charge is 0.336 e. The zero-order chi connectivity index (χ0) is 24.1. The minimum absolute atomic E-state index is 0.0535. The topological polar surface area (TPSA) is 84.3 Å². The van der Waals surface area contributed by atoms with E-state index in [-0.39, 0.29) is 35.6 Å². The van der Waals surface area contributed by atoms with E-state index in [1.165, 1.54) is 16.7 Å². The predicted molar refractivity (Wildman–Crippen MR) is 134 cm³/mol. The molecule has 2 amide bonds. The van der Waals surface area contributed by atoms with E-state index in [4.69, 9.17) is 11.6 Å². The second-order valence-corrected chi connectivity index (χ2v) is 9.70. The number of aromatic nitrogens is 2. The first-order valence-electron chi connectivity index (χ1n) is 10.6. The highest BCUT2D eigenvalue weighted by Crippen LogP contribution is 2.21. The van der Waals surface area contributed by atoms with E-state index in [2.05, 4.69) is 10.3 Å². The van der Waals surface area contributed by atoms with Crippen LogP contribution in [0.1, 0.15) is 19.4 Å². The van der Waals surface area contributed by atoms with Gasteiger partial charge in [0.25, 0.3) is 5.56 Å². The Kier molecular flexibility index (Phi) is 8.15. The Hall–Kier alpha value is -2.84. The third-order valence-electron chi connectivity index (χ3n) is 4.90. The molecular formula is C24H27ClN4O3S. The maximum atomic E-state index is 13.1. The molecule has 9 heteroatoms. The van der Waals surface area contributed by atoms with E-state index in [1.54, 1.807) is 29.8 Å². The first-order chi connectivity index (χ1) is 15.6. The number of aryl methyl sites for hydroxylation is 1. The number of hydrogen-bond donors (Lipinski definition) is 1. The van der Waals surface area contributed by atoms with Crippen molar-refractivity contribution >= 4 is 51.8 Å². The molecule has 1 N–H and O–H groups in total. The van der Waals surface area contributed by atoms with Crippen molar-refractivity contribution in [3.8, 4) is 0 Å². The highest BCUT2D eigenvalue weighted by Gasteiger charge is 2.17. The van der Waals surface area contributed by atoms with Gasteiger partial charge in [-0.3, -0.25) is 19.0 Å². The number of nitrogens with one attached hydrogen (secondary N) is 1. The number of likely N-dealkylation sites (N-methyl/N-ethyl adjacent to an activating group) is 1. The fourth-order valence-electron chi connectivity index (χ4n) is 3.19. The van der Waals surface area contributed by atoms with Crippen LogP contribution in [0.3, 0.4) is 0 Å². The highest BCUT2D eigenvalue weighted by atomic mass is 35.5. The fourth-order valence-corrected chi connectivity index (χ4v) is 4.31. The van der Waals surface area contributed by atoms with E-state index in [0.29, 0.717) is 33.3 Å². The lowest BCUT2D eigenvalue weighted by Crippen LogP contribution is -2.36. The van der Waals surface area contributed by atoms with Crippen LogP contribution in [0.25, 0.3) is 10.9 Å². The number of halogens is 1. The average molecular weight is 487 g/mol. The Morgan fingerprint density at radius 3 is 2.55 bits per heavy atom. The molecule has 0 aliphatic heterocycles. The molecule has 0 atom stereocenters. The van der Waals surface area contributed by atoms with Gasteiger partial charge in [-0.1, -0.05) is 54.9 Å². The first kappa shape index (κ1) is 24.8. The summed E-state index contributed by atoms with van der Waals surface area (Å²) in [5.41, 5.74) is 2.12. The predicted octanol–water partition coefficient (Wildman–Crippen LogP) is 4.20. The molecule has 0 aliphatic rings. The normalized spacial score (nSPS) is 11.1. The number of amides is 2. The Bertz CT molecular complexity index is 1220. The molecule has 0 radical (unpaired) electrons. The Morgan fingerprint density at radius 1 is 1.18 bits per heavy atom. The first-order valence-corrected chi connectivity index (χ1v) is 11.9. The maximum Gasteiger partial charge on any atom is 0.262 e. The van der Waals surface area contributed by atoms with Crippen LogP contribution in [0.5, 0.6) is 0 Å². The number of fused-ring (bicyclic) bond motifs is 1. The highest BCUT2D eigenvalue weighted by molar-refractivity contribution is 7.99. The number of rotatable bonds is 8. The average Bonchev–Trinajstić information content (AvgIpc) is 2.76. The molecule has 0 spiro atoms. The second-order valence-electron chi connectivity index (χ2n) is 8.32. The summed E-state index contributed by atoms with van der Waals surface area (Å²) in [4.78, 5) is 44.0. The summed E-state index contributed by atoms with van der Waals surface area (Å²) in [6.45, 7) is 6.38. The van der Waals surface area contributed by atoms with Crippen molar-refractivity contribution in [3.63, 3.8) is 0 Å². The lowest BCUT2D eigenvalue weighted by Gasteiger charge is -2.18. The van der Waals surface area contributed by atoms with Crippen molar-refractivity contribution in [1.29, 1.82) is 0 Å². The number of carbonyl (C=O) groups is 2. The third-order valence-corrected chi connectivity index (χ3v) is 6.09. The number of anilines is 1. The van der Waals surface area contributed by atoms with Crippen molar-refractivity contribution in [1.82, 2.24) is 14.5 Å². The van der Waals surface area contributed by atoms with Crippen LogP contribution < -0.4 is 10.9 Å². The molecule has 0 fully saturated rings. The van der Waals surface area contributed by atoms with Gasteiger partial charge in [-0.25, -0.2) is 4.98 Å². The number of hydrogen-bond acceptors (Lipinski definition) is 5. The van der Waals surface area contributed by atoms with Crippen molar-refractivity contribution < 1.29 is 9.59 Å². The van der Waals surface area contributed by atoms with Gasteiger partial charge in [-0.15, -0.1) is 0 Å². The number of nitrogens with zero attached hydrogens (tertiary/aromatic N) is 3. The van der Waals surface area contributed by atoms with E-state index in [1.807, 2.05) is 45.0 Å². The van der Waals surface area contributed by atoms with Gasteiger partial charge >= 0.3 is 0 Å². The van der Waals surface area contributed by atoms with Crippen LogP contribution in [-0.2, 0) is 16.1 Å². The van der Waals surface area contributed by atoms with Gasteiger partial charge < -0.3 is 10.2 Å². The molecule has 0 bridgehead atoms. The summed E-state index contributed by atoms with van der Waals surface area (Å²) in [5, 5.41) is 4.17. The van der Waals surface area contributed by atoms with Crippen molar-refractivity contribution in [2.24, 2.45) is 5.92 Å². The standard InChI is InChI=1S/C24H27ClN4O3S/c1-15(2)12-29-23(32)19-11-17(25)7-10-20(19)27-24(29)33-14-22(31)28(4)13-21(30)26-18-8-5-16(3)6-9-18/h5-11,15H,12-14H2,1-4H3,(H,26,30). The van der Waals surface area contributed by atoms with Crippen LogP contribution in [0.15, 0.2) is 52.4 Å². The molecular weight excluding hydrogens is 460 g/mol. The zero-order valence-electron chi connectivity index (χ0n) is 19.1. The molecule has 174 valence electrons. The monoisotopic (exact) mass is 486 g/mol. The molecule has 0 saturated heterocycles. The van der Waals surface area contributed by atoms with Crippen LogP contribution in [0, 0.1) is 12.8 Å². The molecule has 0 aliphatic carbocycles. The van der Waals surface area contributed by atoms with E-state index in [0.717, 1.165) is 5.56 Å². The van der Waals surface area contributed by atoms with Crippen LogP contribution >= 0.6 is 23.4 Å². The maximum absolute atomic E-state index is 13.1. The van der Waals surface area contributed by atoms with Gasteiger partial charge in [-0.05, 0) is 43.2 Å². The van der Waals surface area contributed by atoms with Gasteiger partial charge in [0.2, 0.25) is 11.8 Å². The quantitative estimate of drug-likeness (QED) is 0.381. The molecule has 3 rings (SSSR count). The van der Waals surface area contributed by atoms with Gasteiger partial charge in [-0.2, -0.15) is 0 Å². The summed E-state index contributed by atoms with van der Waals surface area (Å²) in [6, 6.07) is 12.4. The van der Waals surface area contributed by atoms with Crippen molar-refractivity contribution in [2.45, 2.75) is 32.5 Å². The van der Waals surface area contributed by atoms with Gasteiger partial charge in [0, 0.05) is 24.3 Å². The smallest absolute Gasteiger partial charge is 0.262 e. The second kappa shape index (κ2) is 10.9. The summed E-state index contributed by atoms with van der Waals surface area (Å²) in [5.74, 6) is -0.250. The molecule has 33 heavy (non-hydrogen) atoms. The SMILES string of the molecule is Cc1ccc(NC(=O)CN(C)C(=O)CSc2nc3ccc(Cl)cc3c(=O)n2CC(C)C)cc1. The summed E-state index contributed by atoms with van der Waals surface area (Å²) in [6.07, 6.45) is 0. The van der Waals surface area contributed by atoms with Crippen molar-refractivity contribution in [2.75, 3.05) is 24.7 Å². The van der Waals surface area contributed by atoms with Gasteiger partial charge in [0.05, 0.1) is 23.2 Å². The fraction of sp³-hybridized carbons (Fsp3) is 0.333. The zero-order valence-corrected chi connectivity index (χ0v) is 20.7. The van der Waals surface area contributed by atoms with E-state index >= 15 is 0 Å². The minimum atomic E-state index is -0.280. The van der Waals surface area contributed by atoms with E-state index in [9.17, 15) is 14.4 Å². The Balaban J connectivity index is 1.69. The number of carbonyl (C=O) groups excluding carboxylic acids is 2. The molecule has 2 aromatic carbocycles. The van der Waals surface area contributed by atoms with Crippen LogP contribution in [0.4, 0.5) is 5.69 Å². The molecule has 0 saturated carbocycles. The molecule has 3 aromatic rings. The lowest BCUT2D eigenvalue weighted by atomic mass is 10.2. The number of thioether (sulfide) groups is 1. The molecule has 1 aromatic heterocycles. The van der Waals surface area contributed by atoms with Gasteiger partial charge in [0.15, 0.2) is 5.16 Å². The summed E-state index contributed by atoms with van der Waals surface area (Å²) in [7, 11) is 1.58. The third kappa shape index (κ3) is 6.58. The summed E-state index contributed by atoms with van der Waals surface area (Å²) >= 11 is 7.25. The summed E-state index contributed by atoms with van der Waals surface area (Å²) < 4.78 is 1.59. The molecule has 7 nitrogen and oxygen atoms in total.